The van der Waals surface area contributed by atoms with E-state index in [0.29, 0.717) is 23.4 Å². The van der Waals surface area contributed by atoms with Gasteiger partial charge in [0.15, 0.2) is 0 Å². The second kappa shape index (κ2) is 5.98. The van der Waals surface area contributed by atoms with Crippen molar-refractivity contribution in [3.05, 3.63) is 41.1 Å². The molecule has 0 radical (unpaired) electrons. The third-order valence-electron chi connectivity index (χ3n) is 5.08. The van der Waals surface area contributed by atoms with Crippen LogP contribution in [0.15, 0.2) is 24.3 Å². The Hall–Kier alpha value is -2.27. The predicted octanol–water partition coefficient (Wildman–Crippen LogP) is 2.63. The number of amides is 2. The number of likely N-dealkylation sites (tertiary alicyclic amines) is 1. The van der Waals surface area contributed by atoms with Gasteiger partial charge in [-0.25, -0.2) is 0 Å². The average Bonchev–Trinajstić information content (AvgIpc) is 2.86. The first-order valence-electron chi connectivity index (χ1n) is 8.64. The molecule has 0 atom stereocenters. The minimum atomic E-state index is -0.192. The summed E-state index contributed by atoms with van der Waals surface area (Å²) >= 11 is 0. The maximum absolute atomic E-state index is 12.9. The molecule has 0 bridgehead atoms. The monoisotopic (exact) mass is 323 g/mol. The molecule has 0 spiro atoms. The van der Waals surface area contributed by atoms with Crippen molar-refractivity contribution in [3.63, 3.8) is 0 Å². The topological polar surface area (TPSA) is 53.5 Å². The molecule has 1 aromatic heterocycles. The first-order chi connectivity index (χ1) is 11.7. The lowest BCUT2D eigenvalue weighted by Gasteiger charge is -2.27. The fourth-order valence-electron chi connectivity index (χ4n) is 3.81. The van der Waals surface area contributed by atoms with E-state index in [2.05, 4.69) is 9.88 Å². The van der Waals surface area contributed by atoms with Crippen LogP contribution in [0.2, 0.25) is 0 Å². The van der Waals surface area contributed by atoms with Crippen LogP contribution in [0.4, 0.5) is 0 Å². The van der Waals surface area contributed by atoms with Gasteiger partial charge in [-0.1, -0.05) is 24.6 Å². The molecule has 2 aromatic rings. The number of para-hydroxylation sites is 1. The molecule has 2 aliphatic rings. The number of aromatic nitrogens is 1. The first kappa shape index (κ1) is 15.3. The number of hydrogen-bond acceptors (Lipinski definition) is 4. The predicted molar refractivity (Wildman–Crippen MR) is 92.1 cm³/mol. The summed E-state index contributed by atoms with van der Waals surface area (Å²) in [7, 11) is 0. The molecular weight excluding hydrogens is 302 g/mol. The van der Waals surface area contributed by atoms with Crippen LogP contribution in [0.5, 0.6) is 0 Å². The number of rotatable bonds is 3. The van der Waals surface area contributed by atoms with E-state index in [0.717, 1.165) is 30.5 Å². The Balaban J connectivity index is 1.65. The normalized spacial score (nSPS) is 18.5. The molecule has 1 fully saturated rings. The van der Waals surface area contributed by atoms with Gasteiger partial charge in [0.2, 0.25) is 0 Å². The van der Waals surface area contributed by atoms with Gasteiger partial charge in [-0.2, -0.15) is 0 Å². The van der Waals surface area contributed by atoms with Crippen molar-refractivity contribution in [2.45, 2.75) is 26.2 Å². The number of fused-ring (bicyclic) bond motifs is 3. The lowest BCUT2D eigenvalue weighted by molar-refractivity contribution is 0.0632. The summed E-state index contributed by atoms with van der Waals surface area (Å²) in [4.78, 5) is 33.9. The van der Waals surface area contributed by atoms with E-state index in [1.54, 1.807) is 0 Å². The summed E-state index contributed by atoms with van der Waals surface area (Å²) in [5.74, 6) is -0.364. The molecule has 3 heterocycles. The van der Waals surface area contributed by atoms with Crippen molar-refractivity contribution in [3.8, 4) is 0 Å². The zero-order valence-corrected chi connectivity index (χ0v) is 13.9. The zero-order chi connectivity index (χ0) is 16.7. The van der Waals surface area contributed by atoms with Gasteiger partial charge in [-0.3, -0.25) is 19.5 Å². The van der Waals surface area contributed by atoms with Gasteiger partial charge in [0.05, 0.1) is 22.3 Å². The molecule has 5 nitrogen and oxygen atoms in total. The van der Waals surface area contributed by atoms with Crippen LogP contribution in [0.1, 0.15) is 45.7 Å². The van der Waals surface area contributed by atoms with Crippen molar-refractivity contribution in [1.82, 2.24) is 14.8 Å². The number of nitrogens with zero attached hydrogens (tertiary/aromatic N) is 3. The van der Waals surface area contributed by atoms with Gasteiger partial charge in [0.1, 0.15) is 0 Å². The van der Waals surface area contributed by atoms with Crippen LogP contribution < -0.4 is 0 Å². The van der Waals surface area contributed by atoms with Crippen molar-refractivity contribution in [2.75, 3.05) is 26.2 Å². The highest BCUT2D eigenvalue weighted by Gasteiger charge is 2.38. The summed E-state index contributed by atoms with van der Waals surface area (Å²) in [6, 6.07) is 7.54. The third kappa shape index (κ3) is 2.40. The Bertz CT molecular complexity index is 825. The number of piperidine rings is 1. The molecule has 124 valence electrons. The molecule has 0 unspecified atom stereocenters. The highest BCUT2D eigenvalue weighted by atomic mass is 16.2. The lowest BCUT2D eigenvalue weighted by atomic mass is 10.0. The number of aryl methyl sites for hydroxylation is 1. The standard InChI is InChI=1S/C19H21N3O2/c1-13-16-17(14-7-3-4-8-15(14)20-13)19(24)22(18(16)23)12-11-21-9-5-2-6-10-21/h3-4,7-8H,2,5-6,9-12H2,1H3. The molecule has 4 rings (SSSR count). The number of imide groups is 1. The second-order valence-electron chi connectivity index (χ2n) is 6.63. The maximum atomic E-state index is 12.9. The van der Waals surface area contributed by atoms with Crippen LogP contribution in [-0.4, -0.2) is 52.8 Å². The van der Waals surface area contributed by atoms with Crippen LogP contribution in [-0.2, 0) is 0 Å². The summed E-state index contributed by atoms with van der Waals surface area (Å²) in [5, 5.41) is 0.775. The fraction of sp³-hybridized carbons (Fsp3) is 0.421. The molecule has 0 aliphatic carbocycles. The molecule has 2 aliphatic heterocycles. The summed E-state index contributed by atoms with van der Waals surface area (Å²) in [6.07, 6.45) is 3.69. The van der Waals surface area contributed by atoms with Gasteiger partial charge >= 0.3 is 0 Å². The lowest BCUT2D eigenvalue weighted by Crippen LogP contribution is -2.40. The van der Waals surface area contributed by atoms with E-state index in [1.807, 2.05) is 31.2 Å². The van der Waals surface area contributed by atoms with Gasteiger partial charge in [0.25, 0.3) is 11.8 Å². The van der Waals surface area contributed by atoms with Crippen LogP contribution >= 0.6 is 0 Å². The van der Waals surface area contributed by atoms with Crippen LogP contribution in [0, 0.1) is 6.92 Å². The number of benzene rings is 1. The smallest absolute Gasteiger partial charge is 0.263 e. The van der Waals surface area contributed by atoms with E-state index < -0.39 is 0 Å². The van der Waals surface area contributed by atoms with Gasteiger partial charge in [0, 0.05) is 18.5 Å². The second-order valence-corrected chi connectivity index (χ2v) is 6.63. The van der Waals surface area contributed by atoms with Gasteiger partial charge in [-0.15, -0.1) is 0 Å². The van der Waals surface area contributed by atoms with E-state index in [-0.39, 0.29) is 11.8 Å². The Labute approximate surface area is 141 Å². The Morgan fingerprint density at radius 1 is 0.958 bits per heavy atom. The molecule has 5 heteroatoms. The molecule has 2 amide bonds. The third-order valence-corrected chi connectivity index (χ3v) is 5.08. The van der Waals surface area contributed by atoms with E-state index in [1.165, 1.54) is 24.2 Å². The summed E-state index contributed by atoms with van der Waals surface area (Å²) in [5.41, 5.74) is 2.43. The number of carbonyl (C=O) groups excluding carboxylic acids is 2. The highest BCUT2D eigenvalue weighted by Crippen LogP contribution is 2.31. The SMILES string of the molecule is Cc1nc2ccccc2c2c1C(=O)N(CCN1CCCCC1)C2=O. The average molecular weight is 323 g/mol. The van der Waals surface area contributed by atoms with Crippen LogP contribution in [0.25, 0.3) is 10.9 Å². The zero-order valence-electron chi connectivity index (χ0n) is 13.9. The quantitative estimate of drug-likeness (QED) is 0.815. The highest BCUT2D eigenvalue weighted by molar-refractivity contribution is 6.26. The molecule has 0 N–H and O–H groups in total. The largest absolute Gasteiger partial charge is 0.302 e. The molecule has 24 heavy (non-hydrogen) atoms. The number of hydrogen-bond donors (Lipinski definition) is 0. The van der Waals surface area contributed by atoms with Crippen molar-refractivity contribution < 1.29 is 9.59 Å². The molecular formula is C19H21N3O2. The molecule has 0 saturated carbocycles. The Morgan fingerprint density at radius 3 is 2.46 bits per heavy atom. The minimum absolute atomic E-state index is 0.172. The summed E-state index contributed by atoms with van der Waals surface area (Å²) < 4.78 is 0. The molecule has 1 saturated heterocycles. The minimum Gasteiger partial charge on any atom is -0.302 e. The number of carbonyl (C=O) groups is 2. The Morgan fingerprint density at radius 2 is 1.67 bits per heavy atom. The van der Waals surface area contributed by atoms with Crippen LogP contribution in [0.3, 0.4) is 0 Å². The summed E-state index contributed by atoms with van der Waals surface area (Å²) in [6.45, 7) is 5.15. The van der Waals surface area contributed by atoms with Crippen molar-refractivity contribution >= 4 is 22.7 Å². The van der Waals surface area contributed by atoms with Gasteiger partial charge < -0.3 is 4.90 Å². The van der Waals surface area contributed by atoms with Crippen molar-refractivity contribution in [1.29, 1.82) is 0 Å². The van der Waals surface area contributed by atoms with Crippen molar-refractivity contribution in [2.24, 2.45) is 0 Å². The van der Waals surface area contributed by atoms with Gasteiger partial charge in [-0.05, 0) is 38.9 Å². The Kier molecular flexibility index (Phi) is 3.81. The van der Waals surface area contributed by atoms with E-state index in [4.69, 9.17) is 0 Å². The fourth-order valence-corrected chi connectivity index (χ4v) is 3.81. The van der Waals surface area contributed by atoms with E-state index >= 15 is 0 Å². The van der Waals surface area contributed by atoms with E-state index in [9.17, 15) is 9.59 Å². The molecule has 1 aromatic carbocycles. The first-order valence-corrected chi connectivity index (χ1v) is 8.64. The number of pyridine rings is 1. The maximum Gasteiger partial charge on any atom is 0.263 e.